The second-order valence-corrected chi connectivity index (χ2v) is 7.86. The monoisotopic (exact) mass is 335 g/mol. The molecule has 1 aliphatic rings. The van der Waals surface area contributed by atoms with E-state index in [-0.39, 0.29) is 11.6 Å². The van der Waals surface area contributed by atoms with E-state index >= 15 is 0 Å². The summed E-state index contributed by atoms with van der Waals surface area (Å²) in [5.74, 6) is 1.38. The Hall–Kier alpha value is -1.28. The maximum absolute atomic E-state index is 6.11. The first-order valence-electron chi connectivity index (χ1n) is 8.05. The molecule has 1 atom stereocenters. The number of hydrogen-bond acceptors (Lipinski definition) is 7. The number of aromatic nitrogens is 2. The summed E-state index contributed by atoms with van der Waals surface area (Å²) < 4.78 is 5.48. The van der Waals surface area contributed by atoms with Gasteiger partial charge in [-0.2, -0.15) is 4.98 Å². The highest BCUT2D eigenvalue weighted by molar-refractivity contribution is 7.13. The molecule has 3 rings (SSSR count). The molecule has 6 nitrogen and oxygen atoms in total. The molecule has 1 aliphatic heterocycles. The van der Waals surface area contributed by atoms with Gasteiger partial charge in [0.25, 0.3) is 0 Å². The fourth-order valence-electron chi connectivity index (χ4n) is 2.95. The lowest BCUT2D eigenvalue weighted by Crippen LogP contribution is -2.53. The molecule has 0 spiro atoms. The maximum atomic E-state index is 6.11. The minimum atomic E-state index is -0.143. The summed E-state index contributed by atoms with van der Waals surface area (Å²) in [7, 11) is 0. The summed E-state index contributed by atoms with van der Waals surface area (Å²) in [6.07, 6.45) is 0. The number of hydrogen-bond donors (Lipinski definition) is 1. The molecule has 0 bridgehead atoms. The van der Waals surface area contributed by atoms with Gasteiger partial charge in [-0.15, -0.1) is 11.3 Å². The predicted octanol–water partition coefficient (Wildman–Crippen LogP) is 2.21. The number of piperazine rings is 1. The van der Waals surface area contributed by atoms with Crippen molar-refractivity contribution in [3.8, 4) is 10.7 Å². The molecule has 7 heteroatoms. The number of nitrogens with two attached hydrogens (primary N) is 1. The predicted molar refractivity (Wildman–Crippen MR) is 92.3 cm³/mol. The van der Waals surface area contributed by atoms with E-state index in [0.717, 1.165) is 37.6 Å². The van der Waals surface area contributed by atoms with E-state index in [0.29, 0.717) is 11.7 Å². The maximum Gasteiger partial charge on any atom is 0.244 e. The van der Waals surface area contributed by atoms with Gasteiger partial charge in [-0.05, 0) is 32.2 Å². The second kappa shape index (κ2) is 6.68. The van der Waals surface area contributed by atoms with Crippen molar-refractivity contribution in [2.24, 2.45) is 5.73 Å². The highest BCUT2D eigenvalue weighted by Gasteiger charge is 2.27. The molecule has 2 N–H and O–H groups in total. The Balaban J connectivity index is 1.58. The molecule has 1 saturated heterocycles. The minimum absolute atomic E-state index is 0.143. The van der Waals surface area contributed by atoms with Gasteiger partial charge in [0.15, 0.2) is 0 Å². The lowest BCUT2D eigenvalue weighted by Gasteiger charge is -2.39. The van der Waals surface area contributed by atoms with E-state index in [9.17, 15) is 0 Å². The van der Waals surface area contributed by atoms with Crippen LogP contribution in [-0.2, 0) is 0 Å². The van der Waals surface area contributed by atoms with E-state index in [1.165, 1.54) is 0 Å². The van der Waals surface area contributed by atoms with E-state index in [4.69, 9.17) is 10.3 Å². The van der Waals surface area contributed by atoms with Crippen LogP contribution in [0.5, 0.6) is 0 Å². The second-order valence-electron chi connectivity index (χ2n) is 6.91. The van der Waals surface area contributed by atoms with Crippen LogP contribution in [0.4, 0.5) is 0 Å². The van der Waals surface area contributed by atoms with Crippen LogP contribution in [0, 0.1) is 0 Å². The van der Waals surface area contributed by atoms with Crippen molar-refractivity contribution in [3.63, 3.8) is 0 Å². The SMILES string of the molecule is CC(c1nc(-c2cccs2)no1)N1CCN(CC(C)(C)N)CC1. The molecule has 1 unspecified atom stereocenters. The van der Waals surface area contributed by atoms with E-state index in [1.54, 1.807) is 11.3 Å². The van der Waals surface area contributed by atoms with Crippen LogP contribution in [0.3, 0.4) is 0 Å². The molecule has 0 saturated carbocycles. The third-order valence-corrected chi connectivity index (χ3v) is 4.99. The van der Waals surface area contributed by atoms with Crippen LogP contribution in [-0.4, -0.2) is 58.2 Å². The van der Waals surface area contributed by atoms with Crippen LogP contribution in [0.15, 0.2) is 22.0 Å². The number of nitrogens with zero attached hydrogens (tertiary/aromatic N) is 4. The molecular formula is C16H25N5OS. The molecule has 2 aromatic rings. The summed E-state index contributed by atoms with van der Waals surface area (Å²) >= 11 is 1.63. The van der Waals surface area contributed by atoms with Crippen molar-refractivity contribution in [1.29, 1.82) is 0 Å². The standard InChI is InChI=1S/C16H25N5OS/c1-12(15-18-14(19-22-15)13-5-4-10-23-13)21-8-6-20(7-9-21)11-16(2,3)17/h4-5,10,12H,6-9,11,17H2,1-3H3. The van der Waals surface area contributed by atoms with Crippen molar-refractivity contribution in [2.45, 2.75) is 32.4 Å². The Morgan fingerprint density at radius 3 is 2.70 bits per heavy atom. The van der Waals surface area contributed by atoms with E-state index < -0.39 is 0 Å². The Morgan fingerprint density at radius 1 is 1.35 bits per heavy atom. The topological polar surface area (TPSA) is 71.4 Å². The van der Waals surface area contributed by atoms with Gasteiger partial charge in [0.2, 0.25) is 11.7 Å². The zero-order chi connectivity index (χ0) is 16.4. The molecule has 0 aromatic carbocycles. The largest absolute Gasteiger partial charge is 0.337 e. The molecule has 2 aromatic heterocycles. The highest BCUT2D eigenvalue weighted by atomic mass is 32.1. The Labute approximate surface area is 141 Å². The van der Waals surface area contributed by atoms with Crippen LogP contribution in [0.25, 0.3) is 10.7 Å². The Morgan fingerprint density at radius 2 is 2.09 bits per heavy atom. The number of thiophene rings is 1. The van der Waals surface area contributed by atoms with Crippen molar-refractivity contribution in [3.05, 3.63) is 23.4 Å². The third kappa shape index (κ3) is 4.17. The van der Waals surface area contributed by atoms with Crippen LogP contribution in [0.1, 0.15) is 32.7 Å². The summed E-state index contributed by atoms with van der Waals surface area (Å²) in [6, 6.07) is 4.15. The van der Waals surface area contributed by atoms with E-state index in [2.05, 4.69) is 40.7 Å². The first-order chi connectivity index (χ1) is 10.9. The van der Waals surface area contributed by atoms with Gasteiger partial charge in [-0.1, -0.05) is 11.2 Å². The van der Waals surface area contributed by atoms with Gasteiger partial charge in [-0.3, -0.25) is 9.80 Å². The quantitative estimate of drug-likeness (QED) is 0.903. The normalized spacial score (nSPS) is 19.1. The first-order valence-corrected chi connectivity index (χ1v) is 8.93. The van der Waals surface area contributed by atoms with Gasteiger partial charge in [-0.25, -0.2) is 0 Å². The van der Waals surface area contributed by atoms with Crippen LogP contribution in [0.2, 0.25) is 0 Å². The molecule has 0 radical (unpaired) electrons. The molecule has 0 amide bonds. The zero-order valence-electron chi connectivity index (χ0n) is 14.0. The summed E-state index contributed by atoms with van der Waals surface area (Å²) in [6.45, 7) is 11.3. The molecule has 0 aliphatic carbocycles. The molecule has 23 heavy (non-hydrogen) atoms. The summed E-state index contributed by atoms with van der Waals surface area (Å²) in [4.78, 5) is 10.4. The Kier molecular flexibility index (Phi) is 4.82. The van der Waals surface area contributed by atoms with Gasteiger partial charge in [0.1, 0.15) is 0 Å². The van der Waals surface area contributed by atoms with Gasteiger partial charge < -0.3 is 10.3 Å². The molecular weight excluding hydrogens is 310 g/mol. The van der Waals surface area contributed by atoms with Crippen LogP contribution >= 0.6 is 11.3 Å². The average molecular weight is 335 g/mol. The lowest BCUT2D eigenvalue weighted by molar-refractivity contribution is 0.0786. The molecule has 3 heterocycles. The smallest absolute Gasteiger partial charge is 0.244 e. The third-order valence-electron chi connectivity index (χ3n) is 4.13. The fourth-order valence-corrected chi connectivity index (χ4v) is 3.60. The van der Waals surface area contributed by atoms with Crippen molar-refractivity contribution >= 4 is 11.3 Å². The molecule has 1 fully saturated rings. The summed E-state index contributed by atoms with van der Waals surface area (Å²) in [5.41, 5.74) is 5.97. The van der Waals surface area contributed by atoms with E-state index in [1.807, 2.05) is 17.5 Å². The average Bonchev–Trinajstić information content (AvgIpc) is 3.17. The van der Waals surface area contributed by atoms with Crippen molar-refractivity contribution in [1.82, 2.24) is 19.9 Å². The van der Waals surface area contributed by atoms with Crippen molar-refractivity contribution < 1.29 is 4.52 Å². The van der Waals surface area contributed by atoms with Crippen LogP contribution < -0.4 is 5.73 Å². The number of rotatable bonds is 5. The molecule has 126 valence electrons. The fraction of sp³-hybridized carbons (Fsp3) is 0.625. The zero-order valence-corrected chi connectivity index (χ0v) is 14.8. The van der Waals surface area contributed by atoms with Crippen molar-refractivity contribution in [2.75, 3.05) is 32.7 Å². The van der Waals surface area contributed by atoms with Gasteiger partial charge >= 0.3 is 0 Å². The minimum Gasteiger partial charge on any atom is -0.337 e. The first kappa shape index (κ1) is 16.6. The lowest BCUT2D eigenvalue weighted by atomic mass is 10.1. The van der Waals surface area contributed by atoms with Gasteiger partial charge in [0.05, 0.1) is 10.9 Å². The Bertz CT molecular complexity index is 611. The summed E-state index contributed by atoms with van der Waals surface area (Å²) in [5, 5.41) is 6.13. The van der Waals surface area contributed by atoms with Gasteiger partial charge in [0, 0.05) is 38.3 Å². The highest BCUT2D eigenvalue weighted by Crippen LogP contribution is 2.25.